The number of hydrogen-bond donors (Lipinski definition) is 1. The van der Waals surface area contributed by atoms with E-state index in [9.17, 15) is 5.11 Å². The molecule has 0 saturated carbocycles. The summed E-state index contributed by atoms with van der Waals surface area (Å²) in [4.78, 5) is 8.83. The summed E-state index contributed by atoms with van der Waals surface area (Å²) in [5, 5.41) is 9.21. The molecule has 3 nitrogen and oxygen atoms in total. The summed E-state index contributed by atoms with van der Waals surface area (Å²) in [5.41, 5.74) is 4.04. The Morgan fingerprint density at radius 1 is 1.17 bits per heavy atom. The van der Waals surface area contributed by atoms with Gasteiger partial charge in [0, 0.05) is 18.2 Å². The van der Waals surface area contributed by atoms with Crippen LogP contribution in [0.1, 0.15) is 37.4 Å². The molecular formula is C20H24N2O. The van der Waals surface area contributed by atoms with Gasteiger partial charge in [-0.05, 0) is 31.7 Å². The summed E-state index contributed by atoms with van der Waals surface area (Å²) in [5.74, 6) is 0. The number of aliphatic hydroxyl groups excluding tert-OH is 1. The normalized spacial score (nSPS) is 12.4. The van der Waals surface area contributed by atoms with Gasteiger partial charge < -0.3 is 5.11 Å². The predicted octanol–water partition coefficient (Wildman–Crippen LogP) is 4.44. The molecule has 23 heavy (non-hydrogen) atoms. The van der Waals surface area contributed by atoms with Gasteiger partial charge in [-0.3, -0.25) is 9.97 Å². The minimum atomic E-state index is -0.207. The number of aromatic nitrogens is 2. The van der Waals surface area contributed by atoms with Crippen molar-refractivity contribution >= 4 is 6.08 Å². The van der Waals surface area contributed by atoms with Crippen molar-refractivity contribution in [1.82, 2.24) is 9.97 Å². The minimum Gasteiger partial charge on any atom is -0.393 e. The molecule has 1 unspecified atom stereocenters. The Morgan fingerprint density at radius 3 is 2.57 bits per heavy atom. The molecule has 0 aliphatic rings. The van der Waals surface area contributed by atoms with Crippen LogP contribution in [0.25, 0.3) is 17.3 Å². The molecule has 1 atom stereocenters. The largest absolute Gasteiger partial charge is 0.393 e. The molecule has 1 aromatic heterocycles. The molecule has 0 fully saturated rings. The molecule has 0 radical (unpaired) electrons. The average molecular weight is 308 g/mol. The van der Waals surface area contributed by atoms with Crippen LogP contribution in [-0.2, 0) is 6.42 Å². The molecule has 0 saturated heterocycles. The molecule has 1 heterocycles. The van der Waals surface area contributed by atoms with E-state index in [1.165, 1.54) is 5.56 Å². The van der Waals surface area contributed by atoms with Gasteiger partial charge in [0.2, 0.25) is 0 Å². The lowest BCUT2D eigenvalue weighted by Crippen LogP contribution is -1.97. The lowest BCUT2D eigenvalue weighted by molar-refractivity contribution is 0.182. The van der Waals surface area contributed by atoms with Gasteiger partial charge in [-0.1, -0.05) is 42.5 Å². The molecule has 0 aliphatic heterocycles. The van der Waals surface area contributed by atoms with Crippen molar-refractivity contribution in [3.63, 3.8) is 0 Å². The fourth-order valence-electron chi connectivity index (χ4n) is 2.27. The van der Waals surface area contributed by atoms with Crippen LogP contribution in [0.15, 0.2) is 55.4 Å². The Labute approximate surface area is 138 Å². The quantitative estimate of drug-likeness (QED) is 0.579. The highest BCUT2D eigenvalue weighted by Crippen LogP contribution is 2.17. The Balaban J connectivity index is 1.93. The van der Waals surface area contributed by atoms with Crippen LogP contribution in [0.3, 0.4) is 0 Å². The Hall–Kier alpha value is -2.26. The van der Waals surface area contributed by atoms with Crippen LogP contribution in [0, 0.1) is 0 Å². The summed E-state index contributed by atoms with van der Waals surface area (Å²) in [6, 6.07) is 8.29. The first-order valence-corrected chi connectivity index (χ1v) is 8.06. The van der Waals surface area contributed by atoms with Gasteiger partial charge in [-0.25, -0.2) is 0 Å². The molecule has 0 amide bonds. The number of aliphatic hydroxyl groups is 1. The third-order valence-electron chi connectivity index (χ3n) is 3.57. The monoisotopic (exact) mass is 308 g/mol. The van der Waals surface area contributed by atoms with Gasteiger partial charge in [0.1, 0.15) is 0 Å². The smallest absolute Gasteiger partial charge is 0.0885 e. The molecular weight excluding hydrogens is 284 g/mol. The fraction of sp³-hybridized carbons (Fsp3) is 0.300. The first-order valence-electron chi connectivity index (χ1n) is 8.06. The van der Waals surface area contributed by atoms with Crippen LogP contribution in [0.5, 0.6) is 0 Å². The molecule has 1 N–H and O–H groups in total. The van der Waals surface area contributed by atoms with Crippen molar-refractivity contribution in [3.05, 3.63) is 66.6 Å². The minimum absolute atomic E-state index is 0.207. The van der Waals surface area contributed by atoms with Gasteiger partial charge in [-0.2, -0.15) is 0 Å². The molecule has 3 heteroatoms. The number of allylic oxidation sites excluding steroid dienone is 2. The lowest BCUT2D eigenvalue weighted by atomic mass is 10.1. The Morgan fingerprint density at radius 2 is 1.96 bits per heavy atom. The summed E-state index contributed by atoms with van der Waals surface area (Å²) in [6.07, 6.45) is 13.1. The van der Waals surface area contributed by atoms with Crippen LogP contribution in [0.4, 0.5) is 0 Å². The highest BCUT2D eigenvalue weighted by molar-refractivity contribution is 5.61. The van der Waals surface area contributed by atoms with Crippen LogP contribution < -0.4 is 0 Å². The predicted molar refractivity (Wildman–Crippen MR) is 95.9 cm³/mol. The molecule has 2 rings (SSSR count). The van der Waals surface area contributed by atoms with Crippen LogP contribution >= 0.6 is 0 Å². The lowest BCUT2D eigenvalue weighted by Gasteiger charge is -2.03. The first kappa shape index (κ1) is 17.1. The van der Waals surface area contributed by atoms with E-state index in [2.05, 4.69) is 53.0 Å². The first-order chi connectivity index (χ1) is 11.2. The highest BCUT2D eigenvalue weighted by Gasteiger charge is 2.00. The van der Waals surface area contributed by atoms with Gasteiger partial charge in [0.15, 0.2) is 0 Å². The second-order valence-electron chi connectivity index (χ2n) is 5.69. The van der Waals surface area contributed by atoms with Crippen LogP contribution in [0.2, 0.25) is 0 Å². The third-order valence-corrected chi connectivity index (χ3v) is 3.57. The van der Waals surface area contributed by atoms with Gasteiger partial charge in [0.25, 0.3) is 0 Å². The van der Waals surface area contributed by atoms with E-state index in [1.54, 1.807) is 12.4 Å². The van der Waals surface area contributed by atoms with Crippen molar-refractivity contribution < 1.29 is 5.11 Å². The summed E-state index contributed by atoms with van der Waals surface area (Å²) in [6.45, 7) is 5.53. The van der Waals surface area contributed by atoms with Gasteiger partial charge in [0.05, 0.1) is 23.7 Å². The van der Waals surface area contributed by atoms with Gasteiger partial charge >= 0.3 is 0 Å². The second-order valence-corrected chi connectivity index (χ2v) is 5.69. The summed E-state index contributed by atoms with van der Waals surface area (Å²) < 4.78 is 0. The van der Waals surface area contributed by atoms with E-state index in [-0.39, 0.29) is 6.10 Å². The molecule has 0 aliphatic carbocycles. The Bertz CT molecular complexity index is 628. The zero-order valence-electron chi connectivity index (χ0n) is 13.7. The third kappa shape index (κ3) is 5.80. The number of hydrogen-bond acceptors (Lipinski definition) is 3. The van der Waals surface area contributed by atoms with E-state index >= 15 is 0 Å². The number of unbranched alkanes of at least 4 members (excludes halogenated alkanes) is 1. The number of nitrogens with zero attached hydrogens (tertiary/aromatic N) is 2. The Kier molecular flexibility index (Phi) is 6.70. The molecule has 2 aromatic rings. The van der Waals surface area contributed by atoms with Crippen molar-refractivity contribution in [1.29, 1.82) is 0 Å². The van der Waals surface area contributed by atoms with E-state index in [4.69, 9.17) is 0 Å². The van der Waals surface area contributed by atoms with Crippen molar-refractivity contribution in [3.8, 4) is 11.3 Å². The summed E-state index contributed by atoms with van der Waals surface area (Å²) in [7, 11) is 0. The van der Waals surface area contributed by atoms with E-state index in [0.717, 1.165) is 42.6 Å². The molecule has 1 aromatic carbocycles. The van der Waals surface area contributed by atoms with E-state index in [0.29, 0.717) is 0 Å². The maximum absolute atomic E-state index is 9.21. The molecule has 120 valence electrons. The van der Waals surface area contributed by atoms with Crippen LogP contribution in [-0.4, -0.2) is 21.2 Å². The summed E-state index contributed by atoms with van der Waals surface area (Å²) >= 11 is 0. The zero-order chi connectivity index (χ0) is 16.5. The van der Waals surface area contributed by atoms with E-state index in [1.807, 2.05) is 13.0 Å². The van der Waals surface area contributed by atoms with Gasteiger partial charge in [-0.15, -0.1) is 6.58 Å². The zero-order valence-corrected chi connectivity index (χ0v) is 13.7. The second kappa shape index (κ2) is 9.01. The van der Waals surface area contributed by atoms with Crippen molar-refractivity contribution in [2.45, 2.75) is 38.7 Å². The van der Waals surface area contributed by atoms with Crippen molar-refractivity contribution in [2.24, 2.45) is 0 Å². The maximum Gasteiger partial charge on any atom is 0.0885 e. The molecule has 0 bridgehead atoms. The average Bonchev–Trinajstić information content (AvgIpc) is 2.56. The number of benzene rings is 1. The van der Waals surface area contributed by atoms with Crippen molar-refractivity contribution in [2.75, 3.05) is 0 Å². The maximum atomic E-state index is 9.21. The molecule has 0 spiro atoms. The number of rotatable bonds is 8. The SMILES string of the molecule is C=CCc1cnc(-c2ccc(C=CCCCC(C)O)cc2)cn1. The highest BCUT2D eigenvalue weighted by atomic mass is 16.3. The standard InChI is InChI=1S/C20H24N2O/c1-3-7-19-14-22-20(15-21-19)18-12-10-17(11-13-18)9-6-4-5-8-16(2)23/h3,6,9-16,23H,1,4-5,7-8H2,2H3. The fourth-order valence-corrected chi connectivity index (χ4v) is 2.27. The topological polar surface area (TPSA) is 46.0 Å². The van der Waals surface area contributed by atoms with E-state index < -0.39 is 0 Å².